The summed E-state index contributed by atoms with van der Waals surface area (Å²) in [6.07, 6.45) is 0. The maximum Gasteiger partial charge on any atom is 0.303 e. The number of anilines is 1. The molecule has 0 atom stereocenters. The summed E-state index contributed by atoms with van der Waals surface area (Å²) in [5, 5.41) is 0. The van der Waals surface area contributed by atoms with Gasteiger partial charge in [-0.3, -0.25) is 4.31 Å². The van der Waals surface area contributed by atoms with Gasteiger partial charge in [-0.1, -0.05) is 0 Å². The Morgan fingerprint density at radius 1 is 1.25 bits per heavy atom. The number of hydrogen-bond donors (Lipinski definition) is 0. The molecule has 0 amide bonds. The van der Waals surface area contributed by atoms with Crippen molar-refractivity contribution in [3.8, 4) is 5.75 Å². The highest BCUT2D eigenvalue weighted by Crippen LogP contribution is 2.24. The highest BCUT2D eigenvalue weighted by Gasteiger charge is 2.35. The second-order valence-electron chi connectivity index (χ2n) is 3.57. The number of benzene rings is 1. The summed E-state index contributed by atoms with van der Waals surface area (Å²) >= 11 is 0. The molecule has 1 aliphatic heterocycles. The van der Waals surface area contributed by atoms with E-state index in [9.17, 15) is 8.42 Å². The van der Waals surface area contributed by atoms with Crippen LogP contribution in [-0.4, -0.2) is 40.0 Å². The molecule has 0 bridgehead atoms. The number of methoxy groups -OCH3 is 1. The summed E-state index contributed by atoms with van der Waals surface area (Å²) in [7, 11) is -0.187. The van der Waals surface area contributed by atoms with Crippen molar-refractivity contribution >= 4 is 15.9 Å². The first kappa shape index (κ1) is 11.2. The Labute approximate surface area is 95.4 Å². The van der Waals surface area contributed by atoms with Crippen LogP contribution in [0.5, 0.6) is 5.75 Å². The van der Waals surface area contributed by atoms with Gasteiger partial charge in [0.25, 0.3) is 0 Å². The number of hydrogen-bond acceptors (Lipinski definition) is 3. The molecule has 0 N–H and O–H groups in total. The molecular weight excluding hydrogens is 228 g/mol. The lowest BCUT2D eigenvalue weighted by atomic mass is 10.3. The Bertz CT molecular complexity index is 465. The maximum absolute atomic E-state index is 11.9. The van der Waals surface area contributed by atoms with Crippen LogP contribution >= 0.6 is 0 Å². The van der Waals surface area contributed by atoms with Gasteiger partial charge in [0.15, 0.2) is 0 Å². The minimum Gasteiger partial charge on any atom is -0.497 e. The van der Waals surface area contributed by atoms with Crippen molar-refractivity contribution in [2.45, 2.75) is 0 Å². The second-order valence-corrected chi connectivity index (χ2v) is 5.53. The van der Waals surface area contributed by atoms with E-state index in [1.54, 1.807) is 38.4 Å². The topological polar surface area (TPSA) is 49.6 Å². The van der Waals surface area contributed by atoms with Gasteiger partial charge in [0, 0.05) is 20.1 Å². The molecule has 1 saturated heterocycles. The molecule has 1 aromatic rings. The summed E-state index contributed by atoms with van der Waals surface area (Å²) in [6.45, 7) is 1.23. The maximum atomic E-state index is 11.9. The van der Waals surface area contributed by atoms with Gasteiger partial charge in [0.1, 0.15) is 5.75 Å². The van der Waals surface area contributed by atoms with E-state index in [0.717, 1.165) is 0 Å². The minimum atomic E-state index is -3.31. The van der Waals surface area contributed by atoms with E-state index in [2.05, 4.69) is 0 Å². The first-order valence-electron chi connectivity index (χ1n) is 4.94. The Morgan fingerprint density at radius 2 is 1.81 bits per heavy atom. The van der Waals surface area contributed by atoms with Crippen LogP contribution in [0.1, 0.15) is 0 Å². The first-order valence-corrected chi connectivity index (χ1v) is 6.33. The van der Waals surface area contributed by atoms with Crippen molar-refractivity contribution in [2.24, 2.45) is 0 Å². The normalized spacial score (nSPS) is 15.9. The summed E-state index contributed by atoms with van der Waals surface area (Å²) in [5.41, 5.74) is 0.632. The van der Waals surface area contributed by atoms with Gasteiger partial charge in [0.2, 0.25) is 0 Å². The first-order chi connectivity index (χ1) is 7.55. The predicted octanol–water partition coefficient (Wildman–Crippen LogP) is 0.692. The van der Waals surface area contributed by atoms with Crippen molar-refractivity contribution in [3.63, 3.8) is 0 Å². The standard InChI is InChI=1S/C10H14N2O3S/c1-11(16(13,14)12-7-8-12)9-3-5-10(15-2)6-4-9/h3-6H,7-8H2,1-2H3. The zero-order valence-corrected chi connectivity index (χ0v) is 10.1. The van der Waals surface area contributed by atoms with E-state index < -0.39 is 10.2 Å². The smallest absolute Gasteiger partial charge is 0.303 e. The third kappa shape index (κ3) is 1.98. The fourth-order valence-electron chi connectivity index (χ4n) is 1.37. The van der Waals surface area contributed by atoms with Crippen LogP contribution in [0.15, 0.2) is 24.3 Å². The molecule has 2 rings (SSSR count). The highest BCUT2D eigenvalue weighted by atomic mass is 32.2. The average Bonchev–Trinajstić information content (AvgIpc) is 3.12. The quantitative estimate of drug-likeness (QED) is 0.730. The highest BCUT2D eigenvalue weighted by molar-refractivity contribution is 7.90. The van der Waals surface area contributed by atoms with Gasteiger partial charge >= 0.3 is 10.2 Å². The van der Waals surface area contributed by atoms with E-state index in [1.165, 1.54) is 8.61 Å². The lowest BCUT2D eigenvalue weighted by molar-refractivity contribution is 0.415. The fraction of sp³-hybridized carbons (Fsp3) is 0.400. The average molecular weight is 242 g/mol. The predicted molar refractivity (Wildman–Crippen MR) is 61.9 cm³/mol. The van der Waals surface area contributed by atoms with Crippen LogP contribution in [0, 0.1) is 0 Å². The molecule has 0 unspecified atom stereocenters. The molecule has 1 heterocycles. The number of nitrogens with zero attached hydrogens (tertiary/aromatic N) is 2. The Balaban J connectivity index is 2.23. The van der Waals surface area contributed by atoms with Crippen molar-refractivity contribution in [1.82, 2.24) is 4.31 Å². The summed E-state index contributed by atoms with van der Waals surface area (Å²) < 4.78 is 31.4. The Hall–Kier alpha value is -1.27. The van der Waals surface area contributed by atoms with E-state index >= 15 is 0 Å². The Morgan fingerprint density at radius 3 is 2.25 bits per heavy atom. The third-order valence-corrected chi connectivity index (χ3v) is 4.44. The number of rotatable bonds is 4. The lowest BCUT2D eigenvalue weighted by Crippen LogP contribution is -2.32. The van der Waals surface area contributed by atoms with Crippen molar-refractivity contribution in [2.75, 3.05) is 31.6 Å². The molecule has 5 nitrogen and oxygen atoms in total. The van der Waals surface area contributed by atoms with Crippen LogP contribution in [0.3, 0.4) is 0 Å². The van der Waals surface area contributed by atoms with Gasteiger partial charge < -0.3 is 4.74 Å². The summed E-state index contributed by atoms with van der Waals surface area (Å²) in [4.78, 5) is 0. The van der Waals surface area contributed by atoms with Crippen molar-refractivity contribution in [3.05, 3.63) is 24.3 Å². The Kier molecular flexibility index (Phi) is 2.77. The molecule has 1 aromatic carbocycles. The molecule has 0 aliphatic carbocycles. The number of ether oxygens (including phenoxy) is 1. The molecule has 0 spiro atoms. The van der Waals surface area contributed by atoms with Gasteiger partial charge in [0.05, 0.1) is 12.8 Å². The molecule has 16 heavy (non-hydrogen) atoms. The van der Waals surface area contributed by atoms with Gasteiger partial charge in [-0.25, -0.2) is 0 Å². The monoisotopic (exact) mass is 242 g/mol. The summed E-state index contributed by atoms with van der Waals surface area (Å²) in [6, 6.07) is 6.92. The van der Waals surface area contributed by atoms with Gasteiger partial charge in [-0.2, -0.15) is 12.7 Å². The van der Waals surface area contributed by atoms with Crippen LogP contribution in [0.2, 0.25) is 0 Å². The molecule has 0 saturated carbocycles. The molecule has 88 valence electrons. The summed E-state index contributed by atoms with van der Waals surface area (Å²) in [5.74, 6) is 0.710. The molecule has 1 fully saturated rings. The molecule has 6 heteroatoms. The lowest BCUT2D eigenvalue weighted by Gasteiger charge is -2.19. The molecular formula is C10H14N2O3S. The second kappa shape index (κ2) is 3.95. The van der Waals surface area contributed by atoms with E-state index in [-0.39, 0.29) is 0 Å². The fourth-order valence-corrected chi connectivity index (χ4v) is 2.65. The van der Waals surface area contributed by atoms with E-state index in [4.69, 9.17) is 4.74 Å². The molecule has 0 radical (unpaired) electrons. The van der Waals surface area contributed by atoms with Crippen LogP contribution in [-0.2, 0) is 10.2 Å². The third-order valence-electron chi connectivity index (χ3n) is 2.51. The van der Waals surface area contributed by atoms with E-state index in [0.29, 0.717) is 24.5 Å². The van der Waals surface area contributed by atoms with Crippen molar-refractivity contribution < 1.29 is 13.2 Å². The zero-order valence-electron chi connectivity index (χ0n) is 9.25. The van der Waals surface area contributed by atoms with Crippen molar-refractivity contribution in [1.29, 1.82) is 0 Å². The van der Waals surface area contributed by atoms with Gasteiger partial charge in [-0.05, 0) is 24.3 Å². The van der Waals surface area contributed by atoms with Crippen LogP contribution in [0.25, 0.3) is 0 Å². The zero-order chi connectivity index (χ0) is 11.8. The van der Waals surface area contributed by atoms with Crippen LogP contribution < -0.4 is 9.04 Å². The largest absolute Gasteiger partial charge is 0.497 e. The molecule has 1 aliphatic rings. The minimum absolute atomic E-state index is 0.614. The van der Waals surface area contributed by atoms with Crippen LogP contribution in [0.4, 0.5) is 5.69 Å². The van der Waals surface area contributed by atoms with E-state index in [1.807, 2.05) is 0 Å². The van der Waals surface area contributed by atoms with Gasteiger partial charge in [-0.15, -0.1) is 0 Å². The molecule has 0 aromatic heterocycles. The SMILES string of the molecule is COc1ccc(N(C)S(=O)(=O)N2CC2)cc1.